The number of rotatable bonds is 4. The summed E-state index contributed by atoms with van der Waals surface area (Å²) in [4.78, 5) is 10.5. The van der Waals surface area contributed by atoms with Gasteiger partial charge in [-0.05, 0) is 25.0 Å². The molecular formula is C12H12FN5O2. The first-order valence-corrected chi connectivity index (χ1v) is 6.20. The number of nitrogens with zero attached hydrogens (tertiary/aromatic N) is 4. The quantitative estimate of drug-likeness (QED) is 0.678. The van der Waals surface area contributed by atoms with Crippen LogP contribution in [0.3, 0.4) is 0 Å². The Morgan fingerprint density at radius 3 is 2.80 bits per heavy atom. The molecule has 1 fully saturated rings. The molecule has 0 bridgehead atoms. The summed E-state index contributed by atoms with van der Waals surface area (Å²) in [5.41, 5.74) is 5.56. The number of nitro benzene ring substituents is 1. The Bertz CT molecular complexity index is 680. The van der Waals surface area contributed by atoms with E-state index in [4.69, 9.17) is 5.73 Å². The van der Waals surface area contributed by atoms with Crippen molar-refractivity contribution in [2.75, 3.05) is 0 Å². The number of hydrogen-bond acceptors (Lipinski definition) is 5. The van der Waals surface area contributed by atoms with E-state index in [1.807, 2.05) is 4.57 Å². The van der Waals surface area contributed by atoms with E-state index in [1.54, 1.807) is 0 Å². The standard InChI is InChI=1S/C12H12FN5O2/c13-7-1-4-9(10(5-7)18(19)20)12-16-15-11(6-14)17(12)8-2-3-8/h1,4-5,8H,2-3,6,14H2. The molecule has 0 saturated heterocycles. The summed E-state index contributed by atoms with van der Waals surface area (Å²) in [6.45, 7) is 0.207. The molecule has 1 aromatic heterocycles. The first-order chi connectivity index (χ1) is 9.61. The van der Waals surface area contributed by atoms with Gasteiger partial charge in [0.05, 0.1) is 23.1 Å². The lowest BCUT2D eigenvalue weighted by molar-refractivity contribution is -0.384. The summed E-state index contributed by atoms with van der Waals surface area (Å²) in [7, 11) is 0. The lowest BCUT2D eigenvalue weighted by Crippen LogP contribution is -2.08. The van der Waals surface area contributed by atoms with Crippen LogP contribution in [0.5, 0.6) is 0 Å². The average Bonchev–Trinajstić information content (AvgIpc) is 3.18. The van der Waals surface area contributed by atoms with Gasteiger partial charge in [-0.3, -0.25) is 10.1 Å². The van der Waals surface area contributed by atoms with Gasteiger partial charge in [0.25, 0.3) is 5.69 Å². The van der Waals surface area contributed by atoms with Gasteiger partial charge in [0.1, 0.15) is 11.6 Å². The second-order valence-corrected chi connectivity index (χ2v) is 4.66. The SMILES string of the molecule is NCc1nnc(-c2ccc(F)cc2[N+](=O)[O-])n1C1CC1. The largest absolute Gasteiger partial charge is 0.324 e. The monoisotopic (exact) mass is 277 g/mol. The Labute approximate surface area is 113 Å². The third kappa shape index (κ3) is 2.03. The zero-order valence-electron chi connectivity index (χ0n) is 10.5. The maximum Gasteiger partial charge on any atom is 0.283 e. The summed E-state index contributed by atoms with van der Waals surface area (Å²) >= 11 is 0. The first-order valence-electron chi connectivity index (χ1n) is 6.20. The van der Waals surface area contributed by atoms with Gasteiger partial charge in [-0.25, -0.2) is 4.39 Å². The number of nitrogens with two attached hydrogens (primary N) is 1. The summed E-state index contributed by atoms with van der Waals surface area (Å²) in [6.07, 6.45) is 1.93. The molecule has 7 nitrogen and oxygen atoms in total. The highest BCUT2D eigenvalue weighted by molar-refractivity contribution is 5.68. The van der Waals surface area contributed by atoms with E-state index in [0.29, 0.717) is 11.6 Å². The van der Waals surface area contributed by atoms with Crippen molar-refractivity contribution < 1.29 is 9.31 Å². The Morgan fingerprint density at radius 1 is 1.45 bits per heavy atom. The number of hydrogen-bond donors (Lipinski definition) is 1. The average molecular weight is 277 g/mol. The predicted octanol–water partition coefficient (Wildman–Crippen LogP) is 1.79. The van der Waals surface area contributed by atoms with Gasteiger partial charge in [0, 0.05) is 6.04 Å². The van der Waals surface area contributed by atoms with Crippen molar-refractivity contribution in [1.82, 2.24) is 14.8 Å². The lowest BCUT2D eigenvalue weighted by Gasteiger charge is -2.08. The van der Waals surface area contributed by atoms with E-state index < -0.39 is 10.7 Å². The van der Waals surface area contributed by atoms with Crippen LogP contribution in [-0.4, -0.2) is 19.7 Å². The smallest absolute Gasteiger partial charge is 0.283 e. The van der Waals surface area contributed by atoms with Crippen LogP contribution in [0.15, 0.2) is 18.2 Å². The topological polar surface area (TPSA) is 99.9 Å². The molecule has 8 heteroatoms. The van der Waals surface area contributed by atoms with Crippen molar-refractivity contribution in [3.8, 4) is 11.4 Å². The molecule has 1 aliphatic rings. The molecule has 0 spiro atoms. The van der Waals surface area contributed by atoms with Gasteiger partial charge in [-0.1, -0.05) is 0 Å². The highest BCUT2D eigenvalue weighted by atomic mass is 19.1. The molecule has 3 rings (SSSR count). The van der Waals surface area contributed by atoms with Crippen LogP contribution < -0.4 is 5.73 Å². The second kappa shape index (κ2) is 4.64. The molecule has 0 atom stereocenters. The summed E-state index contributed by atoms with van der Waals surface area (Å²) in [5.74, 6) is 0.303. The van der Waals surface area contributed by atoms with Gasteiger partial charge in [0.15, 0.2) is 5.82 Å². The minimum Gasteiger partial charge on any atom is -0.324 e. The van der Waals surface area contributed by atoms with Crippen molar-refractivity contribution in [2.45, 2.75) is 25.4 Å². The first kappa shape index (κ1) is 12.7. The maximum absolute atomic E-state index is 13.2. The van der Waals surface area contributed by atoms with E-state index in [-0.39, 0.29) is 23.8 Å². The van der Waals surface area contributed by atoms with E-state index in [1.165, 1.54) is 12.1 Å². The van der Waals surface area contributed by atoms with Crippen molar-refractivity contribution in [3.63, 3.8) is 0 Å². The predicted molar refractivity (Wildman–Crippen MR) is 68.2 cm³/mol. The number of halogens is 1. The molecule has 2 N–H and O–H groups in total. The fourth-order valence-corrected chi connectivity index (χ4v) is 2.21. The van der Waals surface area contributed by atoms with Crippen LogP contribution in [0, 0.1) is 15.9 Å². The van der Waals surface area contributed by atoms with Gasteiger partial charge in [-0.15, -0.1) is 10.2 Å². The van der Waals surface area contributed by atoms with E-state index in [9.17, 15) is 14.5 Å². The van der Waals surface area contributed by atoms with Crippen molar-refractivity contribution >= 4 is 5.69 Å². The van der Waals surface area contributed by atoms with Crippen LogP contribution >= 0.6 is 0 Å². The molecule has 1 saturated carbocycles. The normalized spacial score (nSPS) is 14.5. The van der Waals surface area contributed by atoms with Gasteiger partial charge >= 0.3 is 0 Å². The Hall–Kier alpha value is -2.35. The molecule has 1 aliphatic carbocycles. The molecule has 1 heterocycles. The summed E-state index contributed by atoms with van der Waals surface area (Å²) < 4.78 is 15.0. The van der Waals surface area contributed by atoms with Crippen molar-refractivity contribution in [3.05, 3.63) is 40.0 Å². The molecule has 0 amide bonds. The molecular weight excluding hydrogens is 265 g/mol. The van der Waals surface area contributed by atoms with E-state index in [2.05, 4.69) is 10.2 Å². The van der Waals surface area contributed by atoms with E-state index >= 15 is 0 Å². The fourth-order valence-electron chi connectivity index (χ4n) is 2.21. The Balaban J connectivity index is 2.18. The minimum absolute atomic E-state index is 0.207. The van der Waals surface area contributed by atoms with Gasteiger partial charge in [-0.2, -0.15) is 0 Å². The Morgan fingerprint density at radius 2 is 2.20 bits per heavy atom. The van der Waals surface area contributed by atoms with E-state index in [0.717, 1.165) is 18.9 Å². The number of benzene rings is 1. The molecule has 20 heavy (non-hydrogen) atoms. The molecule has 0 radical (unpaired) electrons. The molecule has 1 aromatic carbocycles. The summed E-state index contributed by atoms with van der Waals surface area (Å²) in [6, 6.07) is 3.65. The van der Waals surface area contributed by atoms with Gasteiger partial charge in [0.2, 0.25) is 0 Å². The molecule has 2 aromatic rings. The zero-order chi connectivity index (χ0) is 14.3. The molecule has 0 unspecified atom stereocenters. The lowest BCUT2D eigenvalue weighted by atomic mass is 10.1. The zero-order valence-corrected chi connectivity index (χ0v) is 10.5. The van der Waals surface area contributed by atoms with Crippen LogP contribution in [0.2, 0.25) is 0 Å². The number of aromatic nitrogens is 3. The summed E-state index contributed by atoms with van der Waals surface area (Å²) in [5, 5.41) is 19.0. The molecule has 0 aliphatic heterocycles. The minimum atomic E-state index is -0.656. The maximum atomic E-state index is 13.2. The Kier molecular flexibility index (Phi) is 2.94. The highest BCUT2D eigenvalue weighted by Crippen LogP contribution is 2.40. The third-order valence-corrected chi connectivity index (χ3v) is 3.26. The van der Waals surface area contributed by atoms with Crippen LogP contribution in [-0.2, 0) is 6.54 Å². The van der Waals surface area contributed by atoms with Crippen molar-refractivity contribution in [2.24, 2.45) is 5.73 Å². The highest BCUT2D eigenvalue weighted by Gasteiger charge is 2.31. The van der Waals surface area contributed by atoms with Gasteiger partial charge < -0.3 is 10.3 Å². The van der Waals surface area contributed by atoms with Crippen LogP contribution in [0.4, 0.5) is 10.1 Å². The fraction of sp³-hybridized carbons (Fsp3) is 0.333. The van der Waals surface area contributed by atoms with Crippen LogP contribution in [0.25, 0.3) is 11.4 Å². The number of nitro groups is 1. The second-order valence-electron chi connectivity index (χ2n) is 4.66. The third-order valence-electron chi connectivity index (χ3n) is 3.26. The van der Waals surface area contributed by atoms with Crippen LogP contribution in [0.1, 0.15) is 24.7 Å². The molecule has 104 valence electrons. The van der Waals surface area contributed by atoms with Crippen molar-refractivity contribution in [1.29, 1.82) is 0 Å².